The summed E-state index contributed by atoms with van der Waals surface area (Å²) in [6.07, 6.45) is 2.43. The molecule has 0 saturated heterocycles. The summed E-state index contributed by atoms with van der Waals surface area (Å²) in [5.41, 5.74) is 1.21. The SMILES string of the molecule is C[C@@H]1c2nnc(-c3csc(C4CC4)n3)n2CCN1C(=O)c1ccc(F)c(Cl)c1. The second-order valence-corrected chi connectivity index (χ2v) is 8.48. The lowest BCUT2D eigenvalue weighted by molar-refractivity contribution is 0.0638. The van der Waals surface area contributed by atoms with Gasteiger partial charge in [0.1, 0.15) is 11.5 Å². The second-order valence-electron chi connectivity index (χ2n) is 7.18. The van der Waals surface area contributed by atoms with Gasteiger partial charge in [-0.3, -0.25) is 4.79 Å². The minimum absolute atomic E-state index is 0.0593. The van der Waals surface area contributed by atoms with E-state index in [1.54, 1.807) is 16.2 Å². The molecule has 1 atom stereocenters. The van der Waals surface area contributed by atoms with Gasteiger partial charge in [0.2, 0.25) is 0 Å². The Morgan fingerprint density at radius 1 is 1.29 bits per heavy atom. The van der Waals surface area contributed by atoms with Crippen LogP contribution in [-0.2, 0) is 6.54 Å². The molecular weight excluding hydrogens is 401 g/mol. The van der Waals surface area contributed by atoms with Gasteiger partial charge in [-0.1, -0.05) is 11.6 Å². The van der Waals surface area contributed by atoms with Crippen molar-refractivity contribution in [3.8, 4) is 11.5 Å². The molecule has 0 N–H and O–H groups in total. The third-order valence-corrected chi connectivity index (χ3v) is 6.59. The highest BCUT2D eigenvalue weighted by atomic mass is 35.5. The zero-order valence-corrected chi connectivity index (χ0v) is 16.7. The van der Waals surface area contributed by atoms with E-state index in [4.69, 9.17) is 16.6 Å². The number of hydrogen-bond donors (Lipinski definition) is 0. The molecule has 2 aromatic heterocycles. The third kappa shape index (κ3) is 2.91. The van der Waals surface area contributed by atoms with Gasteiger partial charge in [-0.05, 0) is 38.0 Å². The van der Waals surface area contributed by atoms with Crippen molar-refractivity contribution in [2.75, 3.05) is 6.54 Å². The van der Waals surface area contributed by atoms with E-state index in [2.05, 4.69) is 10.2 Å². The number of amides is 1. The summed E-state index contributed by atoms with van der Waals surface area (Å²) >= 11 is 7.51. The van der Waals surface area contributed by atoms with Crippen LogP contribution in [0.4, 0.5) is 4.39 Å². The molecule has 0 bridgehead atoms. The highest BCUT2D eigenvalue weighted by Gasteiger charge is 2.33. The molecule has 1 aliphatic heterocycles. The standard InChI is InChI=1S/C19H17ClFN5OS/c1-10-16-23-24-17(15-9-28-18(22-15)11-2-3-11)26(16)7-6-25(10)19(27)12-4-5-14(21)13(20)8-12/h4-5,8-11H,2-3,6-7H2,1H3/t10-/m1/s1. The molecule has 5 rings (SSSR count). The van der Waals surface area contributed by atoms with Crippen LogP contribution in [0.1, 0.15) is 52.9 Å². The van der Waals surface area contributed by atoms with Crippen molar-refractivity contribution >= 4 is 28.8 Å². The van der Waals surface area contributed by atoms with Crippen LogP contribution in [0, 0.1) is 5.82 Å². The van der Waals surface area contributed by atoms with Gasteiger partial charge < -0.3 is 9.47 Å². The summed E-state index contributed by atoms with van der Waals surface area (Å²) in [4.78, 5) is 19.4. The summed E-state index contributed by atoms with van der Waals surface area (Å²) in [5, 5.41) is 11.8. The maximum absolute atomic E-state index is 13.4. The van der Waals surface area contributed by atoms with Gasteiger partial charge in [-0.25, -0.2) is 9.37 Å². The fraction of sp³-hybridized carbons (Fsp3) is 0.368. The van der Waals surface area contributed by atoms with E-state index in [9.17, 15) is 9.18 Å². The van der Waals surface area contributed by atoms with Gasteiger partial charge in [0.05, 0.1) is 16.1 Å². The number of fused-ring (bicyclic) bond motifs is 1. The van der Waals surface area contributed by atoms with Crippen LogP contribution < -0.4 is 0 Å². The maximum atomic E-state index is 13.4. The van der Waals surface area contributed by atoms with Gasteiger partial charge in [-0.15, -0.1) is 21.5 Å². The van der Waals surface area contributed by atoms with Crippen molar-refractivity contribution in [1.82, 2.24) is 24.6 Å². The van der Waals surface area contributed by atoms with E-state index in [-0.39, 0.29) is 17.0 Å². The van der Waals surface area contributed by atoms with Crippen LogP contribution in [0.3, 0.4) is 0 Å². The van der Waals surface area contributed by atoms with Crippen LogP contribution in [0.2, 0.25) is 5.02 Å². The Kier molecular flexibility index (Phi) is 4.21. The quantitative estimate of drug-likeness (QED) is 0.637. The molecule has 9 heteroatoms. The fourth-order valence-electron chi connectivity index (χ4n) is 3.56. The molecular formula is C19H17ClFN5OS. The Hall–Kier alpha value is -2.32. The van der Waals surface area contributed by atoms with E-state index < -0.39 is 5.82 Å². The van der Waals surface area contributed by atoms with E-state index in [0.717, 1.165) is 17.3 Å². The minimum atomic E-state index is -0.539. The lowest BCUT2D eigenvalue weighted by atomic mass is 10.1. The number of nitrogens with zero attached hydrogens (tertiary/aromatic N) is 5. The molecule has 3 heterocycles. The lowest BCUT2D eigenvalue weighted by Crippen LogP contribution is -2.41. The van der Waals surface area contributed by atoms with E-state index in [0.29, 0.717) is 24.6 Å². The molecule has 3 aromatic rings. The Morgan fingerprint density at radius 3 is 2.86 bits per heavy atom. The Morgan fingerprint density at radius 2 is 2.11 bits per heavy atom. The number of aromatic nitrogens is 4. The largest absolute Gasteiger partial charge is 0.327 e. The van der Waals surface area contributed by atoms with Crippen LogP contribution in [0.5, 0.6) is 0 Å². The van der Waals surface area contributed by atoms with E-state index in [1.165, 1.54) is 36.0 Å². The van der Waals surface area contributed by atoms with Gasteiger partial charge in [0.25, 0.3) is 5.91 Å². The zero-order valence-electron chi connectivity index (χ0n) is 15.1. The molecule has 1 fully saturated rings. The van der Waals surface area contributed by atoms with E-state index >= 15 is 0 Å². The second kappa shape index (κ2) is 6.63. The molecule has 0 radical (unpaired) electrons. The van der Waals surface area contributed by atoms with Crippen molar-refractivity contribution in [2.24, 2.45) is 0 Å². The first-order valence-electron chi connectivity index (χ1n) is 9.18. The number of carbonyl (C=O) groups excluding carboxylic acids is 1. The summed E-state index contributed by atoms with van der Waals surface area (Å²) < 4.78 is 15.5. The summed E-state index contributed by atoms with van der Waals surface area (Å²) in [5.74, 6) is 1.35. The molecule has 1 aliphatic carbocycles. The first-order chi connectivity index (χ1) is 13.5. The molecule has 0 spiro atoms. The fourth-order valence-corrected chi connectivity index (χ4v) is 4.71. The van der Waals surface area contributed by atoms with Crippen molar-refractivity contribution in [3.05, 3.63) is 50.8 Å². The molecule has 6 nitrogen and oxygen atoms in total. The minimum Gasteiger partial charge on any atom is -0.327 e. The third-order valence-electron chi connectivity index (χ3n) is 5.29. The van der Waals surface area contributed by atoms with Crippen LogP contribution >= 0.6 is 22.9 Å². The highest BCUT2D eigenvalue weighted by molar-refractivity contribution is 7.10. The molecule has 28 heavy (non-hydrogen) atoms. The molecule has 144 valence electrons. The van der Waals surface area contributed by atoms with Gasteiger partial charge in [0.15, 0.2) is 11.6 Å². The summed E-state index contributed by atoms with van der Waals surface area (Å²) in [6, 6.07) is 3.78. The number of hydrogen-bond acceptors (Lipinski definition) is 5. The average Bonchev–Trinajstić information content (AvgIpc) is 3.25. The van der Waals surface area contributed by atoms with Crippen LogP contribution in [0.25, 0.3) is 11.5 Å². The topological polar surface area (TPSA) is 63.9 Å². The number of rotatable bonds is 3. The molecule has 1 amide bonds. The number of halogens is 2. The monoisotopic (exact) mass is 417 g/mol. The maximum Gasteiger partial charge on any atom is 0.254 e. The molecule has 1 aromatic carbocycles. The number of carbonyl (C=O) groups is 1. The van der Waals surface area contributed by atoms with Gasteiger partial charge in [0, 0.05) is 30.0 Å². The van der Waals surface area contributed by atoms with Gasteiger partial charge in [-0.2, -0.15) is 0 Å². The Bertz CT molecular complexity index is 1080. The average molecular weight is 418 g/mol. The Labute approximate surface area is 170 Å². The van der Waals surface area contributed by atoms with Gasteiger partial charge >= 0.3 is 0 Å². The van der Waals surface area contributed by atoms with Crippen molar-refractivity contribution in [1.29, 1.82) is 0 Å². The summed E-state index contributed by atoms with van der Waals surface area (Å²) in [6.45, 7) is 3.01. The predicted octanol–water partition coefficient (Wildman–Crippen LogP) is 4.29. The van der Waals surface area contributed by atoms with Crippen molar-refractivity contribution in [3.63, 3.8) is 0 Å². The molecule has 0 unspecified atom stereocenters. The van der Waals surface area contributed by atoms with Crippen molar-refractivity contribution < 1.29 is 9.18 Å². The van der Waals surface area contributed by atoms with Crippen LogP contribution in [0.15, 0.2) is 23.6 Å². The van der Waals surface area contributed by atoms with Crippen molar-refractivity contribution in [2.45, 2.75) is 38.3 Å². The zero-order chi connectivity index (χ0) is 19.4. The first kappa shape index (κ1) is 17.8. The lowest BCUT2D eigenvalue weighted by Gasteiger charge is -2.33. The smallest absolute Gasteiger partial charge is 0.254 e. The van der Waals surface area contributed by atoms with Crippen LogP contribution in [-0.4, -0.2) is 37.1 Å². The number of benzene rings is 1. The first-order valence-corrected chi connectivity index (χ1v) is 10.4. The number of thiazole rings is 1. The normalized spacial score (nSPS) is 19.0. The van der Waals surface area contributed by atoms with E-state index in [1.807, 2.05) is 16.9 Å². The summed E-state index contributed by atoms with van der Waals surface area (Å²) in [7, 11) is 0. The molecule has 2 aliphatic rings. The molecule has 1 saturated carbocycles. The highest BCUT2D eigenvalue weighted by Crippen LogP contribution is 2.42. The predicted molar refractivity (Wildman–Crippen MR) is 104 cm³/mol. The Balaban J connectivity index is 1.42.